The normalized spacial score (nSPS) is 12.5. The van der Waals surface area contributed by atoms with Crippen LogP contribution in [0.4, 0.5) is 17.1 Å². The van der Waals surface area contributed by atoms with Crippen LogP contribution >= 0.6 is 0 Å². The molecule has 6 nitrogen and oxygen atoms in total. The van der Waals surface area contributed by atoms with Gasteiger partial charge in [-0.2, -0.15) is 0 Å². The summed E-state index contributed by atoms with van der Waals surface area (Å²) in [6.45, 7) is 0.553. The number of rotatable bonds is 5. The number of unbranched alkanes of at least 4 members (excludes halogenated alkanes) is 1. The molecule has 0 bridgehead atoms. The van der Waals surface area contributed by atoms with Crippen molar-refractivity contribution in [3.8, 4) is 12.3 Å². The van der Waals surface area contributed by atoms with Gasteiger partial charge in [0.05, 0.1) is 11.3 Å². The molecule has 6 heteroatoms. The predicted molar refractivity (Wildman–Crippen MR) is 72.0 cm³/mol. The Morgan fingerprint density at radius 2 is 2.32 bits per heavy atom. The lowest BCUT2D eigenvalue weighted by atomic mass is 10.1. The number of anilines is 2. The summed E-state index contributed by atoms with van der Waals surface area (Å²) in [6, 6.07) is 3.05. The van der Waals surface area contributed by atoms with Crippen molar-refractivity contribution in [2.75, 3.05) is 17.2 Å². The highest BCUT2D eigenvalue weighted by molar-refractivity contribution is 6.00. The van der Waals surface area contributed by atoms with Crippen LogP contribution in [0.5, 0.6) is 0 Å². The van der Waals surface area contributed by atoms with Gasteiger partial charge in [0.2, 0.25) is 5.91 Å². The van der Waals surface area contributed by atoms with Gasteiger partial charge in [-0.1, -0.05) is 0 Å². The molecule has 1 aliphatic rings. The van der Waals surface area contributed by atoms with Crippen molar-refractivity contribution in [2.45, 2.75) is 19.3 Å². The van der Waals surface area contributed by atoms with E-state index in [4.69, 9.17) is 6.42 Å². The first-order valence-corrected chi connectivity index (χ1v) is 5.90. The number of amides is 1. The first-order chi connectivity index (χ1) is 9.11. The fourth-order valence-electron chi connectivity index (χ4n) is 1.97. The molecule has 2 N–H and O–H groups in total. The van der Waals surface area contributed by atoms with E-state index in [1.807, 2.05) is 0 Å². The zero-order valence-corrected chi connectivity index (χ0v) is 10.2. The number of hydrogen-bond donors (Lipinski definition) is 2. The van der Waals surface area contributed by atoms with Gasteiger partial charge in [0.15, 0.2) is 0 Å². The maximum absolute atomic E-state index is 11.3. The third kappa shape index (κ3) is 2.83. The Morgan fingerprint density at radius 1 is 1.53 bits per heavy atom. The average molecular weight is 259 g/mol. The van der Waals surface area contributed by atoms with Crippen molar-refractivity contribution in [2.24, 2.45) is 0 Å². The maximum atomic E-state index is 11.3. The van der Waals surface area contributed by atoms with Crippen molar-refractivity contribution in [3.63, 3.8) is 0 Å². The zero-order chi connectivity index (χ0) is 13.8. The van der Waals surface area contributed by atoms with Gasteiger partial charge in [-0.3, -0.25) is 14.9 Å². The predicted octanol–water partition coefficient (Wildman–Crippen LogP) is 1.91. The highest BCUT2D eigenvalue weighted by Gasteiger charge is 2.24. The van der Waals surface area contributed by atoms with E-state index >= 15 is 0 Å². The smallest absolute Gasteiger partial charge is 0.292 e. The molecule has 0 spiro atoms. The molecule has 0 aromatic heterocycles. The summed E-state index contributed by atoms with van der Waals surface area (Å²) < 4.78 is 0. The van der Waals surface area contributed by atoms with E-state index < -0.39 is 4.92 Å². The molecule has 0 radical (unpaired) electrons. The molecule has 1 heterocycles. The largest absolute Gasteiger partial charge is 0.379 e. The first kappa shape index (κ1) is 12.9. The van der Waals surface area contributed by atoms with Gasteiger partial charge in [-0.05, 0) is 18.1 Å². The Morgan fingerprint density at radius 3 is 3.00 bits per heavy atom. The van der Waals surface area contributed by atoms with Crippen LogP contribution in [0.1, 0.15) is 18.4 Å². The molecular weight excluding hydrogens is 246 g/mol. The lowest BCUT2D eigenvalue weighted by Crippen LogP contribution is -2.05. The Balaban J connectivity index is 2.22. The molecule has 0 atom stereocenters. The zero-order valence-electron chi connectivity index (χ0n) is 10.2. The number of nitrogens with zero attached hydrogens (tertiary/aromatic N) is 1. The number of terminal acetylenes is 1. The third-order valence-electron chi connectivity index (χ3n) is 2.86. The van der Waals surface area contributed by atoms with E-state index in [0.29, 0.717) is 29.9 Å². The van der Waals surface area contributed by atoms with Gasteiger partial charge in [0.25, 0.3) is 5.69 Å². The van der Waals surface area contributed by atoms with Crippen LogP contribution in [0, 0.1) is 22.5 Å². The highest BCUT2D eigenvalue weighted by atomic mass is 16.6. The van der Waals surface area contributed by atoms with Gasteiger partial charge >= 0.3 is 0 Å². The van der Waals surface area contributed by atoms with Crippen molar-refractivity contribution < 1.29 is 9.72 Å². The van der Waals surface area contributed by atoms with Crippen molar-refractivity contribution in [1.29, 1.82) is 0 Å². The number of nitro benzene ring substituents is 1. The molecule has 1 aliphatic heterocycles. The number of nitro groups is 1. The molecule has 0 saturated carbocycles. The van der Waals surface area contributed by atoms with Crippen LogP contribution < -0.4 is 10.6 Å². The summed E-state index contributed by atoms with van der Waals surface area (Å²) in [7, 11) is 0. The second-order valence-electron chi connectivity index (χ2n) is 4.24. The van der Waals surface area contributed by atoms with E-state index in [1.165, 1.54) is 6.07 Å². The number of fused-ring (bicyclic) bond motifs is 1. The molecule has 1 aromatic carbocycles. The average Bonchev–Trinajstić information content (AvgIpc) is 2.72. The van der Waals surface area contributed by atoms with Crippen molar-refractivity contribution >= 4 is 23.0 Å². The number of nitrogens with one attached hydrogen (secondary N) is 2. The molecule has 0 fully saturated rings. The van der Waals surface area contributed by atoms with E-state index in [-0.39, 0.29) is 18.0 Å². The number of carbonyl (C=O) groups is 1. The van der Waals surface area contributed by atoms with Crippen LogP contribution in [0.2, 0.25) is 0 Å². The number of carbonyl (C=O) groups excluding carboxylic acids is 1. The van der Waals surface area contributed by atoms with Crippen LogP contribution in [-0.4, -0.2) is 17.4 Å². The van der Waals surface area contributed by atoms with Gasteiger partial charge in [0, 0.05) is 24.7 Å². The topological polar surface area (TPSA) is 84.3 Å². The summed E-state index contributed by atoms with van der Waals surface area (Å²) in [5, 5.41) is 16.7. The van der Waals surface area contributed by atoms with Crippen LogP contribution in [0.3, 0.4) is 0 Å². The lowest BCUT2D eigenvalue weighted by Gasteiger charge is -2.08. The summed E-state index contributed by atoms with van der Waals surface area (Å²) in [5.41, 5.74) is 1.68. The molecule has 0 aliphatic carbocycles. The molecule has 19 heavy (non-hydrogen) atoms. The van der Waals surface area contributed by atoms with Gasteiger partial charge < -0.3 is 10.6 Å². The Hall–Kier alpha value is -2.55. The monoisotopic (exact) mass is 259 g/mol. The quantitative estimate of drug-likeness (QED) is 0.366. The summed E-state index contributed by atoms with van der Waals surface area (Å²) in [5.74, 6) is 2.36. The van der Waals surface area contributed by atoms with Crippen molar-refractivity contribution in [3.05, 3.63) is 27.8 Å². The second-order valence-corrected chi connectivity index (χ2v) is 4.24. The van der Waals surface area contributed by atoms with Crippen molar-refractivity contribution in [1.82, 2.24) is 0 Å². The fourth-order valence-corrected chi connectivity index (χ4v) is 1.97. The van der Waals surface area contributed by atoms with E-state index in [0.717, 1.165) is 6.42 Å². The molecule has 0 saturated heterocycles. The Bertz CT molecular complexity index is 575. The summed E-state index contributed by atoms with van der Waals surface area (Å²) in [6.07, 6.45) is 6.68. The fraction of sp³-hybridized carbons (Fsp3) is 0.308. The molecular formula is C13H13N3O3. The standard InChI is InChI=1S/C13H13N3O3/c1-2-3-4-5-14-11-8-10-9(7-13(17)15-10)6-12(11)16(18)19/h1,6,8,14H,3-5,7H2,(H,15,17). The minimum Gasteiger partial charge on any atom is -0.379 e. The maximum Gasteiger partial charge on any atom is 0.292 e. The number of hydrogen-bond acceptors (Lipinski definition) is 4. The first-order valence-electron chi connectivity index (χ1n) is 5.90. The molecule has 1 amide bonds. The van der Waals surface area contributed by atoms with Gasteiger partial charge in [-0.25, -0.2) is 0 Å². The van der Waals surface area contributed by atoms with E-state index in [2.05, 4.69) is 16.6 Å². The third-order valence-corrected chi connectivity index (χ3v) is 2.86. The number of benzene rings is 1. The van der Waals surface area contributed by atoms with E-state index in [1.54, 1.807) is 6.07 Å². The Labute approximate surface area is 110 Å². The molecule has 0 unspecified atom stereocenters. The van der Waals surface area contributed by atoms with E-state index in [9.17, 15) is 14.9 Å². The van der Waals surface area contributed by atoms with Gasteiger partial charge in [-0.15, -0.1) is 12.3 Å². The molecule has 2 rings (SSSR count). The van der Waals surface area contributed by atoms with Gasteiger partial charge in [0.1, 0.15) is 5.69 Å². The summed E-state index contributed by atoms with van der Waals surface area (Å²) >= 11 is 0. The highest BCUT2D eigenvalue weighted by Crippen LogP contribution is 2.34. The molecule has 1 aromatic rings. The molecule has 98 valence electrons. The van der Waals surface area contributed by atoms with Crippen LogP contribution in [0.15, 0.2) is 12.1 Å². The summed E-state index contributed by atoms with van der Waals surface area (Å²) in [4.78, 5) is 21.8. The minimum absolute atomic E-state index is 0.0176. The second kappa shape index (κ2) is 5.40. The van der Waals surface area contributed by atoms with Crippen LogP contribution in [0.25, 0.3) is 0 Å². The lowest BCUT2D eigenvalue weighted by molar-refractivity contribution is -0.384. The SMILES string of the molecule is C#CCCCNc1cc2c(cc1[N+](=O)[O-])CC(=O)N2. The Kier molecular flexibility index (Phi) is 3.66. The van der Waals surface area contributed by atoms with Crippen LogP contribution in [-0.2, 0) is 11.2 Å². The minimum atomic E-state index is -0.452.